The van der Waals surface area contributed by atoms with Gasteiger partial charge in [-0.1, -0.05) is 40.0 Å². The summed E-state index contributed by atoms with van der Waals surface area (Å²) >= 11 is 0. The maximum absolute atomic E-state index is 11.9. The molecule has 2 atom stereocenters. The molecule has 0 aliphatic carbocycles. The second-order valence-corrected chi connectivity index (χ2v) is 4.94. The summed E-state index contributed by atoms with van der Waals surface area (Å²) in [7, 11) is 0. The molecule has 0 spiro atoms. The predicted molar refractivity (Wildman–Crippen MR) is 67.2 cm³/mol. The average Bonchev–Trinajstić information content (AvgIpc) is 2.23. The van der Waals surface area contributed by atoms with Gasteiger partial charge in [0.05, 0.1) is 6.61 Å². The van der Waals surface area contributed by atoms with Crippen LogP contribution in [0.2, 0.25) is 0 Å². The van der Waals surface area contributed by atoms with E-state index in [0.717, 1.165) is 12.8 Å². The molecule has 0 heterocycles. The minimum absolute atomic E-state index is 0.00547. The highest BCUT2D eigenvalue weighted by molar-refractivity contribution is 5.79. The Kier molecular flexibility index (Phi) is 8.26. The van der Waals surface area contributed by atoms with E-state index in [-0.39, 0.29) is 24.5 Å². The Morgan fingerprint density at radius 1 is 1.25 bits per heavy atom. The van der Waals surface area contributed by atoms with E-state index in [9.17, 15) is 4.79 Å². The van der Waals surface area contributed by atoms with Crippen LogP contribution in [-0.4, -0.2) is 23.7 Å². The quantitative estimate of drug-likeness (QED) is 0.628. The molecule has 16 heavy (non-hydrogen) atoms. The minimum atomic E-state index is -0.139. The van der Waals surface area contributed by atoms with Crippen molar-refractivity contribution < 1.29 is 9.90 Å². The SMILES string of the molecule is CCCCCC(C(=O)NC(C)CO)C(C)C. The minimum Gasteiger partial charge on any atom is -0.394 e. The summed E-state index contributed by atoms with van der Waals surface area (Å²) in [4.78, 5) is 11.9. The molecule has 96 valence electrons. The number of unbranched alkanes of at least 4 members (excludes halogenated alkanes) is 2. The van der Waals surface area contributed by atoms with Crippen molar-refractivity contribution in [1.82, 2.24) is 5.32 Å². The molecule has 0 bridgehead atoms. The summed E-state index contributed by atoms with van der Waals surface area (Å²) in [6.07, 6.45) is 4.43. The zero-order chi connectivity index (χ0) is 12.6. The molecular weight excluding hydrogens is 202 g/mol. The second kappa shape index (κ2) is 8.57. The monoisotopic (exact) mass is 229 g/mol. The van der Waals surface area contributed by atoms with Crippen molar-refractivity contribution in [2.24, 2.45) is 11.8 Å². The van der Waals surface area contributed by atoms with Crippen LogP contribution >= 0.6 is 0 Å². The fraction of sp³-hybridized carbons (Fsp3) is 0.923. The van der Waals surface area contributed by atoms with E-state index >= 15 is 0 Å². The number of amides is 1. The van der Waals surface area contributed by atoms with E-state index in [4.69, 9.17) is 5.11 Å². The van der Waals surface area contributed by atoms with Gasteiger partial charge in [-0.15, -0.1) is 0 Å². The number of aliphatic hydroxyl groups is 1. The largest absolute Gasteiger partial charge is 0.394 e. The summed E-state index contributed by atoms with van der Waals surface area (Å²) in [6, 6.07) is -0.139. The van der Waals surface area contributed by atoms with Crippen molar-refractivity contribution in [1.29, 1.82) is 0 Å². The van der Waals surface area contributed by atoms with Gasteiger partial charge in [-0.2, -0.15) is 0 Å². The zero-order valence-electron chi connectivity index (χ0n) is 11.1. The molecule has 0 aromatic rings. The predicted octanol–water partition coefficient (Wildman–Crippen LogP) is 2.34. The fourth-order valence-corrected chi connectivity index (χ4v) is 1.78. The lowest BCUT2D eigenvalue weighted by atomic mass is 9.89. The number of nitrogens with one attached hydrogen (secondary N) is 1. The van der Waals surface area contributed by atoms with Crippen molar-refractivity contribution >= 4 is 5.91 Å². The van der Waals surface area contributed by atoms with Gasteiger partial charge in [0.2, 0.25) is 5.91 Å². The van der Waals surface area contributed by atoms with Crippen molar-refractivity contribution in [3.63, 3.8) is 0 Å². The Balaban J connectivity index is 4.13. The topological polar surface area (TPSA) is 49.3 Å². The lowest BCUT2D eigenvalue weighted by molar-refractivity contribution is -0.127. The lowest BCUT2D eigenvalue weighted by Crippen LogP contribution is -2.40. The molecule has 3 nitrogen and oxygen atoms in total. The van der Waals surface area contributed by atoms with Gasteiger partial charge in [-0.25, -0.2) is 0 Å². The van der Waals surface area contributed by atoms with E-state index in [1.165, 1.54) is 12.8 Å². The van der Waals surface area contributed by atoms with Crippen molar-refractivity contribution in [3.8, 4) is 0 Å². The first-order valence-corrected chi connectivity index (χ1v) is 6.44. The third-order valence-electron chi connectivity index (χ3n) is 2.92. The average molecular weight is 229 g/mol. The van der Waals surface area contributed by atoms with Crippen molar-refractivity contribution in [3.05, 3.63) is 0 Å². The molecule has 0 aliphatic heterocycles. The molecule has 0 aromatic heterocycles. The lowest BCUT2D eigenvalue weighted by Gasteiger charge is -2.22. The summed E-state index contributed by atoms with van der Waals surface area (Å²) in [5.41, 5.74) is 0. The van der Waals surface area contributed by atoms with Crippen LogP contribution in [0.5, 0.6) is 0 Å². The Hall–Kier alpha value is -0.570. The van der Waals surface area contributed by atoms with E-state index in [1.807, 2.05) is 6.92 Å². The number of carbonyl (C=O) groups is 1. The highest BCUT2D eigenvalue weighted by atomic mass is 16.3. The van der Waals surface area contributed by atoms with Gasteiger partial charge in [-0.05, 0) is 19.3 Å². The molecule has 2 N–H and O–H groups in total. The van der Waals surface area contributed by atoms with Crippen LogP contribution in [0.3, 0.4) is 0 Å². The third-order valence-corrected chi connectivity index (χ3v) is 2.92. The molecule has 0 radical (unpaired) electrons. The van der Waals surface area contributed by atoms with Crippen LogP contribution in [0, 0.1) is 11.8 Å². The Morgan fingerprint density at radius 2 is 1.88 bits per heavy atom. The van der Waals surface area contributed by atoms with Crippen LogP contribution in [0.1, 0.15) is 53.4 Å². The van der Waals surface area contributed by atoms with Gasteiger partial charge in [0.15, 0.2) is 0 Å². The van der Waals surface area contributed by atoms with Crippen molar-refractivity contribution in [2.45, 2.75) is 59.4 Å². The first-order valence-electron chi connectivity index (χ1n) is 6.44. The first kappa shape index (κ1) is 15.4. The summed E-state index contributed by atoms with van der Waals surface area (Å²) in [5.74, 6) is 0.538. The van der Waals surface area contributed by atoms with Crippen LogP contribution in [0.4, 0.5) is 0 Å². The van der Waals surface area contributed by atoms with E-state index in [1.54, 1.807) is 0 Å². The number of hydrogen-bond acceptors (Lipinski definition) is 2. The molecule has 0 saturated heterocycles. The van der Waals surface area contributed by atoms with Crippen molar-refractivity contribution in [2.75, 3.05) is 6.61 Å². The molecule has 0 saturated carbocycles. The fourth-order valence-electron chi connectivity index (χ4n) is 1.78. The molecule has 0 aliphatic rings. The number of rotatable bonds is 8. The van der Waals surface area contributed by atoms with E-state index in [2.05, 4.69) is 26.1 Å². The van der Waals surface area contributed by atoms with Gasteiger partial charge in [-0.3, -0.25) is 4.79 Å². The van der Waals surface area contributed by atoms with Gasteiger partial charge < -0.3 is 10.4 Å². The normalized spacial score (nSPS) is 14.9. The molecule has 0 fully saturated rings. The smallest absolute Gasteiger partial charge is 0.223 e. The number of aliphatic hydroxyl groups excluding tert-OH is 1. The van der Waals surface area contributed by atoms with Crippen LogP contribution in [-0.2, 0) is 4.79 Å². The Labute approximate surface area is 99.6 Å². The molecular formula is C13H27NO2. The molecule has 0 rings (SSSR count). The van der Waals surface area contributed by atoms with Gasteiger partial charge in [0.1, 0.15) is 0 Å². The van der Waals surface area contributed by atoms with E-state index < -0.39 is 0 Å². The maximum atomic E-state index is 11.9. The van der Waals surface area contributed by atoms with Gasteiger partial charge in [0.25, 0.3) is 0 Å². The Bertz CT molecular complexity index is 192. The maximum Gasteiger partial charge on any atom is 0.223 e. The summed E-state index contributed by atoms with van der Waals surface area (Å²) in [6.45, 7) is 8.16. The van der Waals surface area contributed by atoms with Gasteiger partial charge in [0, 0.05) is 12.0 Å². The molecule has 1 amide bonds. The highest BCUT2D eigenvalue weighted by Gasteiger charge is 2.22. The zero-order valence-corrected chi connectivity index (χ0v) is 11.1. The number of carbonyl (C=O) groups excluding carboxylic acids is 1. The molecule has 3 heteroatoms. The standard InChI is InChI=1S/C13H27NO2/c1-5-6-7-8-12(10(2)3)13(16)14-11(4)9-15/h10-12,15H,5-9H2,1-4H3,(H,14,16). The van der Waals surface area contributed by atoms with Crippen LogP contribution in [0.25, 0.3) is 0 Å². The third kappa shape index (κ3) is 6.11. The van der Waals surface area contributed by atoms with Crippen LogP contribution < -0.4 is 5.32 Å². The summed E-state index contributed by atoms with van der Waals surface area (Å²) < 4.78 is 0. The van der Waals surface area contributed by atoms with Gasteiger partial charge >= 0.3 is 0 Å². The second-order valence-electron chi connectivity index (χ2n) is 4.94. The highest BCUT2D eigenvalue weighted by Crippen LogP contribution is 2.19. The molecule has 0 aromatic carbocycles. The van der Waals surface area contributed by atoms with E-state index in [0.29, 0.717) is 5.92 Å². The molecule has 2 unspecified atom stereocenters. The number of hydrogen-bond donors (Lipinski definition) is 2. The summed E-state index contributed by atoms with van der Waals surface area (Å²) in [5, 5.41) is 11.8. The first-order chi connectivity index (χ1) is 7.52. The van der Waals surface area contributed by atoms with Crippen LogP contribution in [0.15, 0.2) is 0 Å². The Morgan fingerprint density at radius 3 is 2.31 bits per heavy atom.